The molecule has 0 amide bonds. The van der Waals surface area contributed by atoms with Crippen molar-refractivity contribution in [3.63, 3.8) is 0 Å². The molecule has 40 heavy (non-hydrogen) atoms. The zero-order valence-electron chi connectivity index (χ0n) is 21.9. The summed E-state index contributed by atoms with van der Waals surface area (Å²) in [6.07, 6.45) is 0. The summed E-state index contributed by atoms with van der Waals surface area (Å²) in [7, 11) is 0. The van der Waals surface area contributed by atoms with Crippen molar-refractivity contribution < 1.29 is 0 Å². The van der Waals surface area contributed by atoms with Crippen LogP contribution in [0.5, 0.6) is 0 Å². The quantitative estimate of drug-likeness (QED) is 0.211. The van der Waals surface area contributed by atoms with Crippen LogP contribution in [0, 0.1) is 6.92 Å². The van der Waals surface area contributed by atoms with Crippen molar-refractivity contribution in [2.75, 3.05) is 0 Å². The van der Waals surface area contributed by atoms with Gasteiger partial charge in [0.15, 0.2) is 0 Å². The Morgan fingerprint density at radius 1 is 0.425 bits per heavy atom. The molecule has 0 aliphatic rings. The Balaban J connectivity index is 1.42. The molecule has 9 aromatic rings. The molecule has 6 aromatic carbocycles. The van der Waals surface area contributed by atoms with E-state index in [9.17, 15) is 0 Å². The highest BCUT2D eigenvalue weighted by Gasteiger charge is 2.20. The van der Waals surface area contributed by atoms with Crippen LogP contribution in [0.4, 0.5) is 0 Å². The fraction of sp³-hybridized carbons (Fsp3) is 0.0270. The molecule has 0 fully saturated rings. The molecular formula is C37H24N2S. The number of hydrogen-bond acceptors (Lipinski definition) is 1. The predicted octanol–water partition coefficient (Wildman–Crippen LogP) is 10.6. The maximum absolute atomic E-state index is 2.45. The highest BCUT2D eigenvalue weighted by molar-refractivity contribution is 7.25. The number of thiophene rings is 1. The zero-order chi connectivity index (χ0) is 26.4. The second-order valence-corrected chi connectivity index (χ2v) is 11.8. The summed E-state index contributed by atoms with van der Waals surface area (Å²) in [6, 6.07) is 46.8. The lowest BCUT2D eigenvalue weighted by molar-refractivity contribution is 1.17. The molecule has 0 atom stereocenters. The van der Waals surface area contributed by atoms with Gasteiger partial charge in [0.1, 0.15) is 0 Å². The summed E-state index contributed by atoms with van der Waals surface area (Å²) in [5.74, 6) is 0. The van der Waals surface area contributed by atoms with Crippen LogP contribution in [0.1, 0.15) is 5.56 Å². The maximum Gasteiger partial charge on any atom is 0.0548 e. The molecule has 0 aliphatic carbocycles. The number of hydrogen-bond donors (Lipinski definition) is 0. The van der Waals surface area contributed by atoms with E-state index in [0.717, 1.165) is 0 Å². The standard InChI is InChI=1S/C37H24N2S/c1-23-9-8-10-24(21-23)38-30-14-5-2-12-28(30)36-32(38)19-20-33-37(36)29-13-3-6-15-31(29)39(33)25-17-18-27-26-11-4-7-16-34(26)40-35(27)22-25/h2-22H,1H3. The van der Waals surface area contributed by atoms with Gasteiger partial charge in [-0.25, -0.2) is 0 Å². The van der Waals surface area contributed by atoms with Crippen LogP contribution >= 0.6 is 11.3 Å². The maximum atomic E-state index is 2.45. The van der Waals surface area contributed by atoms with Gasteiger partial charge in [-0.3, -0.25) is 0 Å². The molecule has 0 aliphatic heterocycles. The minimum absolute atomic E-state index is 1.20. The number of rotatable bonds is 2. The Morgan fingerprint density at radius 2 is 1.00 bits per heavy atom. The van der Waals surface area contributed by atoms with Crippen molar-refractivity contribution in [3.05, 3.63) is 133 Å². The number of aromatic nitrogens is 2. The molecule has 0 unspecified atom stereocenters. The molecule has 9 rings (SSSR count). The Labute approximate surface area is 234 Å². The van der Waals surface area contributed by atoms with Gasteiger partial charge in [-0.2, -0.15) is 0 Å². The van der Waals surface area contributed by atoms with Gasteiger partial charge in [-0.15, -0.1) is 11.3 Å². The van der Waals surface area contributed by atoms with Gasteiger partial charge in [-0.1, -0.05) is 72.8 Å². The first-order chi connectivity index (χ1) is 19.8. The molecule has 3 heterocycles. The first-order valence-corrected chi connectivity index (χ1v) is 14.5. The average molecular weight is 529 g/mol. The van der Waals surface area contributed by atoms with Crippen molar-refractivity contribution in [3.8, 4) is 11.4 Å². The van der Waals surface area contributed by atoms with E-state index >= 15 is 0 Å². The third-order valence-corrected chi connectivity index (χ3v) is 9.49. The SMILES string of the molecule is Cc1cccc(-n2c3ccccc3c3c4c5ccccc5n(-c5ccc6c(c5)sc5ccccc56)c4ccc32)c1. The third-order valence-electron chi connectivity index (χ3n) is 8.35. The largest absolute Gasteiger partial charge is 0.309 e. The molecule has 0 spiro atoms. The smallest absolute Gasteiger partial charge is 0.0548 e. The lowest BCUT2D eigenvalue weighted by Gasteiger charge is -2.10. The highest BCUT2D eigenvalue weighted by Crippen LogP contribution is 2.43. The monoisotopic (exact) mass is 528 g/mol. The summed E-state index contributed by atoms with van der Waals surface area (Å²) in [4.78, 5) is 0. The molecular weight excluding hydrogens is 504 g/mol. The molecule has 0 saturated carbocycles. The van der Waals surface area contributed by atoms with Gasteiger partial charge in [0.25, 0.3) is 0 Å². The summed E-state index contributed by atoms with van der Waals surface area (Å²) in [6.45, 7) is 2.16. The molecule has 0 N–H and O–H groups in total. The van der Waals surface area contributed by atoms with Gasteiger partial charge in [-0.05, 0) is 67.1 Å². The average Bonchev–Trinajstić information content (AvgIpc) is 3.64. The second-order valence-electron chi connectivity index (χ2n) is 10.7. The fourth-order valence-corrected chi connectivity index (χ4v) is 7.83. The van der Waals surface area contributed by atoms with Gasteiger partial charge >= 0.3 is 0 Å². The molecule has 0 saturated heterocycles. The van der Waals surface area contributed by atoms with E-state index in [4.69, 9.17) is 0 Å². The van der Waals surface area contributed by atoms with Crippen LogP contribution in [0.15, 0.2) is 127 Å². The van der Waals surface area contributed by atoms with Crippen LogP contribution in [0.25, 0.3) is 75.2 Å². The van der Waals surface area contributed by atoms with E-state index in [0.29, 0.717) is 0 Å². The highest BCUT2D eigenvalue weighted by atomic mass is 32.1. The van der Waals surface area contributed by atoms with Crippen LogP contribution in [0.3, 0.4) is 0 Å². The van der Waals surface area contributed by atoms with Gasteiger partial charge in [0, 0.05) is 53.1 Å². The van der Waals surface area contributed by atoms with Gasteiger partial charge in [0.2, 0.25) is 0 Å². The topological polar surface area (TPSA) is 9.86 Å². The molecule has 188 valence electrons. The zero-order valence-corrected chi connectivity index (χ0v) is 22.7. The molecule has 3 heteroatoms. The van der Waals surface area contributed by atoms with E-state index in [1.165, 1.54) is 80.7 Å². The Bertz CT molecular complexity index is 2450. The van der Waals surface area contributed by atoms with E-state index < -0.39 is 0 Å². The molecule has 0 bridgehead atoms. The molecule has 0 radical (unpaired) electrons. The van der Waals surface area contributed by atoms with Crippen molar-refractivity contribution in [2.24, 2.45) is 0 Å². The van der Waals surface area contributed by atoms with Crippen molar-refractivity contribution in [1.82, 2.24) is 9.13 Å². The molecule has 3 aromatic heterocycles. The summed E-state index contributed by atoms with van der Waals surface area (Å²) in [5, 5.41) is 7.86. The lowest BCUT2D eigenvalue weighted by atomic mass is 10.1. The van der Waals surface area contributed by atoms with Crippen LogP contribution in [-0.2, 0) is 0 Å². The lowest BCUT2D eigenvalue weighted by Crippen LogP contribution is -1.95. The van der Waals surface area contributed by atoms with Crippen LogP contribution in [0.2, 0.25) is 0 Å². The summed E-state index contributed by atoms with van der Waals surface area (Å²) >= 11 is 1.87. The van der Waals surface area contributed by atoms with E-state index in [2.05, 4.69) is 143 Å². The summed E-state index contributed by atoms with van der Waals surface area (Å²) < 4.78 is 7.53. The first kappa shape index (κ1) is 22.0. The Morgan fingerprint density at radius 3 is 1.68 bits per heavy atom. The van der Waals surface area contributed by atoms with E-state index in [1.54, 1.807) is 0 Å². The van der Waals surface area contributed by atoms with Crippen molar-refractivity contribution >= 4 is 75.1 Å². The normalized spacial score (nSPS) is 12.1. The van der Waals surface area contributed by atoms with Crippen molar-refractivity contribution in [1.29, 1.82) is 0 Å². The first-order valence-electron chi connectivity index (χ1n) is 13.7. The van der Waals surface area contributed by atoms with Crippen LogP contribution in [-0.4, -0.2) is 9.13 Å². The van der Waals surface area contributed by atoms with Gasteiger partial charge < -0.3 is 9.13 Å². The fourth-order valence-electron chi connectivity index (χ4n) is 6.70. The Hall–Kier alpha value is -4.86. The predicted molar refractivity (Wildman–Crippen MR) is 173 cm³/mol. The Kier molecular flexibility index (Phi) is 4.44. The number of aryl methyl sites for hydroxylation is 1. The van der Waals surface area contributed by atoms with Crippen LogP contribution < -0.4 is 0 Å². The van der Waals surface area contributed by atoms with E-state index in [1.807, 2.05) is 11.3 Å². The van der Waals surface area contributed by atoms with E-state index in [-0.39, 0.29) is 0 Å². The number of para-hydroxylation sites is 2. The minimum Gasteiger partial charge on any atom is -0.309 e. The minimum atomic E-state index is 1.20. The third kappa shape index (κ3) is 2.93. The number of nitrogens with zero attached hydrogens (tertiary/aromatic N) is 2. The molecule has 2 nitrogen and oxygen atoms in total. The number of benzene rings is 6. The second kappa shape index (κ2) is 8.08. The van der Waals surface area contributed by atoms with Crippen molar-refractivity contribution in [2.45, 2.75) is 6.92 Å². The van der Waals surface area contributed by atoms with Gasteiger partial charge in [0.05, 0.1) is 22.1 Å². The summed E-state index contributed by atoms with van der Waals surface area (Å²) in [5.41, 5.74) is 8.61. The number of fused-ring (bicyclic) bond motifs is 10.